The van der Waals surface area contributed by atoms with E-state index in [4.69, 9.17) is 4.74 Å². The smallest absolute Gasteiger partial charge is 0.254 e. The van der Waals surface area contributed by atoms with E-state index in [0.29, 0.717) is 18.7 Å². The van der Waals surface area contributed by atoms with Crippen LogP contribution in [0.1, 0.15) is 43.0 Å². The van der Waals surface area contributed by atoms with E-state index in [-0.39, 0.29) is 17.9 Å². The lowest BCUT2D eigenvalue weighted by atomic mass is 10.1. The summed E-state index contributed by atoms with van der Waals surface area (Å²) in [5, 5.41) is 0. The van der Waals surface area contributed by atoms with Crippen molar-refractivity contribution in [2.45, 2.75) is 38.6 Å². The van der Waals surface area contributed by atoms with Gasteiger partial charge in [0.2, 0.25) is 5.91 Å². The zero-order valence-electron chi connectivity index (χ0n) is 14.2. The monoisotopic (exact) mass is 318 g/mol. The van der Waals surface area contributed by atoms with E-state index in [9.17, 15) is 9.59 Å². The van der Waals surface area contributed by atoms with Crippen molar-refractivity contribution in [2.24, 2.45) is 0 Å². The van der Waals surface area contributed by atoms with Gasteiger partial charge < -0.3 is 14.5 Å². The molecule has 0 aromatic heterocycles. The quantitative estimate of drug-likeness (QED) is 0.758. The summed E-state index contributed by atoms with van der Waals surface area (Å²) in [5.41, 5.74) is 0.603. The van der Waals surface area contributed by atoms with Crippen molar-refractivity contribution in [1.82, 2.24) is 9.80 Å². The molecule has 2 rings (SSSR count). The molecule has 1 aromatic carbocycles. The predicted octanol–water partition coefficient (Wildman–Crippen LogP) is 2.56. The van der Waals surface area contributed by atoms with Crippen LogP contribution in [0.15, 0.2) is 24.3 Å². The maximum atomic E-state index is 12.7. The van der Waals surface area contributed by atoms with Crippen molar-refractivity contribution in [1.29, 1.82) is 0 Å². The summed E-state index contributed by atoms with van der Waals surface area (Å²) in [6.45, 7) is 3.44. The van der Waals surface area contributed by atoms with Crippen molar-refractivity contribution >= 4 is 11.8 Å². The lowest BCUT2D eigenvalue weighted by Crippen LogP contribution is -2.45. The molecule has 1 aliphatic heterocycles. The molecule has 0 radical (unpaired) electrons. The van der Waals surface area contributed by atoms with Crippen LogP contribution in [0.25, 0.3) is 0 Å². The second kappa shape index (κ2) is 7.99. The zero-order valence-corrected chi connectivity index (χ0v) is 14.2. The largest absolute Gasteiger partial charge is 0.494 e. The normalized spacial score (nSPS) is 17.2. The Bertz CT molecular complexity index is 540. The van der Waals surface area contributed by atoms with E-state index in [1.54, 1.807) is 36.0 Å². The van der Waals surface area contributed by atoms with E-state index < -0.39 is 0 Å². The second-order valence-corrected chi connectivity index (χ2v) is 6.12. The number of benzene rings is 1. The minimum atomic E-state index is -0.335. The van der Waals surface area contributed by atoms with Crippen LogP contribution < -0.4 is 4.74 Å². The number of hydrogen-bond donors (Lipinski definition) is 0. The molecule has 1 unspecified atom stereocenters. The number of nitrogens with zero attached hydrogens (tertiary/aromatic N) is 2. The third-order valence-electron chi connectivity index (χ3n) is 4.11. The highest BCUT2D eigenvalue weighted by Crippen LogP contribution is 2.22. The van der Waals surface area contributed by atoms with E-state index in [2.05, 4.69) is 6.92 Å². The van der Waals surface area contributed by atoms with Crippen molar-refractivity contribution < 1.29 is 14.3 Å². The molecular formula is C18H26N2O3. The Balaban J connectivity index is 2.03. The number of likely N-dealkylation sites (tertiary alicyclic amines) is 1. The van der Waals surface area contributed by atoms with Crippen LogP contribution in [0.4, 0.5) is 0 Å². The Morgan fingerprint density at radius 1 is 1.26 bits per heavy atom. The highest BCUT2D eigenvalue weighted by Gasteiger charge is 2.35. The highest BCUT2D eigenvalue weighted by molar-refractivity contribution is 5.98. The van der Waals surface area contributed by atoms with Crippen LogP contribution in [0.5, 0.6) is 5.75 Å². The van der Waals surface area contributed by atoms with Crippen molar-refractivity contribution in [2.75, 3.05) is 27.2 Å². The summed E-state index contributed by atoms with van der Waals surface area (Å²) in [6.07, 6.45) is 3.71. The Morgan fingerprint density at radius 3 is 2.57 bits per heavy atom. The third kappa shape index (κ3) is 4.24. The number of likely N-dealkylation sites (N-methyl/N-ethyl adjacent to an activating group) is 1. The first-order valence-corrected chi connectivity index (χ1v) is 8.29. The van der Waals surface area contributed by atoms with Gasteiger partial charge >= 0.3 is 0 Å². The zero-order chi connectivity index (χ0) is 16.8. The lowest BCUT2D eigenvalue weighted by Gasteiger charge is -2.26. The summed E-state index contributed by atoms with van der Waals surface area (Å²) in [5.74, 6) is 0.690. The molecular weight excluding hydrogens is 292 g/mol. The van der Waals surface area contributed by atoms with E-state index >= 15 is 0 Å². The molecule has 0 bridgehead atoms. The molecule has 23 heavy (non-hydrogen) atoms. The molecule has 1 heterocycles. The van der Waals surface area contributed by atoms with Gasteiger partial charge in [0.25, 0.3) is 5.91 Å². The van der Waals surface area contributed by atoms with E-state index in [1.165, 1.54) is 0 Å². The Kier molecular flexibility index (Phi) is 6.02. The topological polar surface area (TPSA) is 49.9 Å². The highest BCUT2D eigenvalue weighted by atomic mass is 16.5. The molecule has 2 amide bonds. The third-order valence-corrected chi connectivity index (χ3v) is 4.11. The molecule has 126 valence electrons. The SMILES string of the molecule is CCCCOc1ccc(C(=O)N2CCCC2C(=O)N(C)C)cc1. The van der Waals surface area contributed by atoms with Gasteiger partial charge in [-0.05, 0) is 43.5 Å². The van der Waals surface area contributed by atoms with Gasteiger partial charge in [0, 0.05) is 26.2 Å². The van der Waals surface area contributed by atoms with Gasteiger partial charge in [-0.15, -0.1) is 0 Å². The summed E-state index contributed by atoms with van der Waals surface area (Å²) in [6, 6.07) is 6.86. The number of carbonyl (C=O) groups excluding carboxylic acids is 2. The van der Waals surface area contributed by atoms with E-state index in [0.717, 1.165) is 31.4 Å². The van der Waals surface area contributed by atoms with Crippen LogP contribution in [0, 0.1) is 0 Å². The van der Waals surface area contributed by atoms with Crippen LogP contribution in [0.3, 0.4) is 0 Å². The molecule has 1 aliphatic rings. The van der Waals surface area contributed by atoms with Crippen molar-refractivity contribution in [3.63, 3.8) is 0 Å². The van der Waals surface area contributed by atoms with Crippen LogP contribution in [0.2, 0.25) is 0 Å². The Hall–Kier alpha value is -2.04. The first-order chi connectivity index (χ1) is 11.0. The van der Waals surface area contributed by atoms with E-state index in [1.807, 2.05) is 12.1 Å². The van der Waals surface area contributed by atoms with Gasteiger partial charge in [0.1, 0.15) is 11.8 Å². The average Bonchev–Trinajstić information content (AvgIpc) is 3.03. The minimum Gasteiger partial charge on any atom is -0.494 e. The molecule has 0 N–H and O–H groups in total. The lowest BCUT2D eigenvalue weighted by molar-refractivity contribution is -0.132. The van der Waals surface area contributed by atoms with Gasteiger partial charge in [-0.2, -0.15) is 0 Å². The van der Waals surface area contributed by atoms with Crippen LogP contribution in [-0.2, 0) is 4.79 Å². The fourth-order valence-corrected chi connectivity index (χ4v) is 2.76. The van der Waals surface area contributed by atoms with Crippen molar-refractivity contribution in [3.05, 3.63) is 29.8 Å². The summed E-state index contributed by atoms with van der Waals surface area (Å²) in [7, 11) is 3.46. The van der Waals surface area contributed by atoms with Crippen LogP contribution in [-0.4, -0.2) is 54.9 Å². The summed E-state index contributed by atoms with van der Waals surface area (Å²) in [4.78, 5) is 28.1. The molecule has 5 heteroatoms. The number of rotatable bonds is 6. The molecule has 1 fully saturated rings. The minimum absolute atomic E-state index is 0.00429. The van der Waals surface area contributed by atoms with Gasteiger partial charge in [0.15, 0.2) is 0 Å². The Labute approximate surface area is 138 Å². The first-order valence-electron chi connectivity index (χ1n) is 8.29. The fraction of sp³-hybridized carbons (Fsp3) is 0.556. The van der Waals surface area contributed by atoms with Gasteiger partial charge in [-0.3, -0.25) is 9.59 Å². The molecule has 0 aliphatic carbocycles. The number of ether oxygens (including phenoxy) is 1. The summed E-state index contributed by atoms with van der Waals surface area (Å²) < 4.78 is 5.61. The van der Waals surface area contributed by atoms with Crippen LogP contribution >= 0.6 is 0 Å². The average molecular weight is 318 g/mol. The number of carbonyl (C=O) groups is 2. The Morgan fingerprint density at radius 2 is 1.96 bits per heavy atom. The molecule has 1 aromatic rings. The maximum absolute atomic E-state index is 12.7. The molecule has 1 atom stereocenters. The molecule has 5 nitrogen and oxygen atoms in total. The van der Waals surface area contributed by atoms with Crippen molar-refractivity contribution in [3.8, 4) is 5.75 Å². The van der Waals surface area contributed by atoms with Gasteiger partial charge in [0.05, 0.1) is 6.61 Å². The maximum Gasteiger partial charge on any atom is 0.254 e. The standard InChI is InChI=1S/C18H26N2O3/c1-4-5-13-23-15-10-8-14(9-11-15)17(21)20-12-6-7-16(20)18(22)19(2)3/h8-11,16H,4-7,12-13H2,1-3H3. The number of amides is 2. The molecule has 1 saturated heterocycles. The van der Waals surface area contributed by atoms with Gasteiger partial charge in [-0.1, -0.05) is 13.3 Å². The fourth-order valence-electron chi connectivity index (χ4n) is 2.76. The second-order valence-electron chi connectivity index (χ2n) is 6.12. The number of hydrogen-bond acceptors (Lipinski definition) is 3. The predicted molar refractivity (Wildman–Crippen MR) is 89.6 cm³/mol. The van der Waals surface area contributed by atoms with Gasteiger partial charge in [-0.25, -0.2) is 0 Å². The molecule has 0 spiro atoms. The first kappa shape index (κ1) is 17.3. The molecule has 0 saturated carbocycles. The summed E-state index contributed by atoms with van der Waals surface area (Å²) >= 11 is 0. The number of unbranched alkanes of at least 4 members (excludes halogenated alkanes) is 1.